The zero-order chi connectivity index (χ0) is 19.1. The highest BCUT2D eigenvalue weighted by Crippen LogP contribution is 2.34. The minimum atomic E-state index is -0.361. The Morgan fingerprint density at radius 1 is 1.35 bits per heavy atom. The topological polar surface area (TPSA) is 82.0 Å². The van der Waals surface area contributed by atoms with Crippen molar-refractivity contribution >= 4 is 40.3 Å². The van der Waals surface area contributed by atoms with E-state index in [0.29, 0.717) is 16.7 Å². The smallest absolute Gasteiger partial charge is 0.268 e. The number of aryl methyl sites for hydroxylation is 1. The van der Waals surface area contributed by atoms with Gasteiger partial charge in [-0.15, -0.1) is 0 Å². The minimum absolute atomic E-state index is 0.135. The summed E-state index contributed by atoms with van der Waals surface area (Å²) in [4.78, 5) is 21.9. The van der Waals surface area contributed by atoms with E-state index < -0.39 is 0 Å². The highest BCUT2D eigenvalue weighted by atomic mass is 16.5. The normalized spacial score (nSPS) is 17.2. The molecule has 0 spiro atoms. The minimum Gasteiger partial charge on any atom is -0.394 e. The third-order valence-corrected chi connectivity index (χ3v) is 4.77. The number of H-pyrrole nitrogens is 1. The van der Waals surface area contributed by atoms with E-state index in [1.54, 1.807) is 0 Å². The number of ether oxygens (including phenoxy) is 1. The summed E-state index contributed by atoms with van der Waals surface area (Å²) in [5.41, 5.74) is 2.41. The molecule has 3 heterocycles. The standard InChI is InChI=1S/C17H23B3N4O2/c1-10-3-4-12-13(22-10)14(11(9-21)15(25)23-12)24-7-5-16(2,6-8-24)26-17(18,19)20/h3-4H,5-8,18-20H2,1-2H3,(H,23,25). The van der Waals surface area contributed by atoms with Gasteiger partial charge in [-0.3, -0.25) is 4.79 Å². The molecule has 0 amide bonds. The number of nitrogens with zero attached hydrogens (tertiary/aromatic N) is 3. The fraction of sp³-hybridized carbons (Fsp3) is 0.471. The second kappa shape index (κ2) is 6.51. The average molecular weight is 348 g/mol. The van der Waals surface area contributed by atoms with Gasteiger partial charge in [0, 0.05) is 18.8 Å². The molecular formula is C17H23B3N4O2. The average Bonchev–Trinajstić information content (AvgIpc) is 2.53. The molecule has 0 saturated carbocycles. The van der Waals surface area contributed by atoms with E-state index in [1.807, 2.05) is 19.1 Å². The van der Waals surface area contributed by atoms with Crippen LogP contribution in [0.4, 0.5) is 5.69 Å². The Morgan fingerprint density at radius 2 is 2.00 bits per heavy atom. The molecular weight excluding hydrogens is 325 g/mol. The molecule has 0 bridgehead atoms. The fourth-order valence-electron chi connectivity index (χ4n) is 3.71. The zero-order valence-electron chi connectivity index (χ0n) is 16.1. The van der Waals surface area contributed by atoms with Crippen molar-refractivity contribution in [3.63, 3.8) is 0 Å². The Morgan fingerprint density at radius 3 is 2.58 bits per heavy atom. The maximum Gasteiger partial charge on any atom is 0.268 e. The zero-order valence-corrected chi connectivity index (χ0v) is 16.1. The quantitative estimate of drug-likeness (QED) is 0.719. The van der Waals surface area contributed by atoms with Gasteiger partial charge in [0.2, 0.25) is 0 Å². The number of hydrogen-bond donors (Lipinski definition) is 1. The molecule has 132 valence electrons. The number of anilines is 1. The van der Waals surface area contributed by atoms with Crippen LogP contribution < -0.4 is 10.5 Å². The van der Waals surface area contributed by atoms with Crippen LogP contribution in [0, 0.1) is 18.3 Å². The molecule has 1 saturated heterocycles. The van der Waals surface area contributed by atoms with Gasteiger partial charge in [-0.1, -0.05) is 0 Å². The van der Waals surface area contributed by atoms with E-state index >= 15 is 0 Å². The summed E-state index contributed by atoms with van der Waals surface area (Å²) >= 11 is 0. The Kier molecular flexibility index (Phi) is 4.66. The Labute approximate surface area is 156 Å². The number of rotatable bonds is 3. The number of piperidine rings is 1. The van der Waals surface area contributed by atoms with Gasteiger partial charge in [-0.25, -0.2) is 4.98 Å². The molecule has 2 aromatic heterocycles. The summed E-state index contributed by atoms with van der Waals surface area (Å²) in [6.45, 7) is 5.48. The van der Waals surface area contributed by atoms with Gasteiger partial charge in [-0.05, 0) is 44.1 Å². The molecule has 0 aromatic carbocycles. The van der Waals surface area contributed by atoms with E-state index in [-0.39, 0.29) is 22.0 Å². The second-order valence-electron chi connectivity index (χ2n) is 8.29. The Hall–Kier alpha value is -2.20. The first-order valence-corrected chi connectivity index (χ1v) is 9.01. The van der Waals surface area contributed by atoms with Crippen LogP contribution in [0.25, 0.3) is 11.0 Å². The molecule has 0 atom stereocenters. The summed E-state index contributed by atoms with van der Waals surface area (Å²) in [6.07, 6.45) is 1.66. The van der Waals surface area contributed by atoms with Crippen LogP contribution in [0.1, 0.15) is 31.0 Å². The van der Waals surface area contributed by atoms with Gasteiger partial charge in [0.05, 0.1) is 16.8 Å². The van der Waals surface area contributed by atoms with E-state index in [1.165, 1.54) is 0 Å². The molecule has 0 radical (unpaired) electrons. The summed E-state index contributed by atoms with van der Waals surface area (Å²) < 4.78 is 6.26. The molecule has 0 aliphatic carbocycles. The third-order valence-electron chi connectivity index (χ3n) is 4.77. The second-order valence-corrected chi connectivity index (χ2v) is 8.29. The molecule has 2 aromatic rings. The first kappa shape index (κ1) is 18.6. The summed E-state index contributed by atoms with van der Waals surface area (Å²) in [5, 5.41) is 9.36. The van der Waals surface area contributed by atoms with Crippen LogP contribution in [-0.4, -0.2) is 57.5 Å². The van der Waals surface area contributed by atoms with Gasteiger partial charge < -0.3 is 14.6 Å². The van der Waals surface area contributed by atoms with Crippen molar-refractivity contribution in [3.8, 4) is 6.07 Å². The first-order chi connectivity index (χ1) is 12.1. The van der Waals surface area contributed by atoms with Crippen LogP contribution in [0.3, 0.4) is 0 Å². The number of aromatic nitrogens is 2. The molecule has 9 heteroatoms. The molecule has 3 rings (SSSR count). The van der Waals surface area contributed by atoms with Crippen LogP contribution in [0.2, 0.25) is 0 Å². The first-order valence-electron chi connectivity index (χ1n) is 9.01. The lowest BCUT2D eigenvalue weighted by molar-refractivity contribution is -0.0541. The lowest BCUT2D eigenvalue weighted by Gasteiger charge is -2.44. The van der Waals surface area contributed by atoms with E-state index in [2.05, 4.69) is 51.4 Å². The highest BCUT2D eigenvalue weighted by molar-refractivity contribution is 6.58. The van der Waals surface area contributed by atoms with Crippen molar-refractivity contribution in [1.82, 2.24) is 9.97 Å². The highest BCUT2D eigenvalue weighted by Gasteiger charge is 2.35. The van der Waals surface area contributed by atoms with E-state index in [4.69, 9.17) is 4.74 Å². The Balaban J connectivity index is 2.00. The Bertz CT molecular complexity index is 938. The molecule has 0 unspecified atom stereocenters. The van der Waals surface area contributed by atoms with E-state index in [0.717, 1.165) is 31.6 Å². The van der Waals surface area contributed by atoms with Crippen molar-refractivity contribution in [3.05, 3.63) is 33.7 Å². The maximum absolute atomic E-state index is 12.4. The van der Waals surface area contributed by atoms with Crippen molar-refractivity contribution in [2.24, 2.45) is 0 Å². The lowest BCUT2D eigenvalue weighted by Crippen LogP contribution is -2.51. The van der Waals surface area contributed by atoms with Crippen molar-refractivity contribution < 1.29 is 4.74 Å². The van der Waals surface area contributed by atoms with Crippen LogP contribution >= 0.6 is 0 Å². The summed E-state index contributed by atoms with van der Waals surface area (Å²) in [7, 11) is 6.19. The summed E-state index contributed by atoms with van der Waals surface area (Å²) in [6, 6.07) is 5.78. The van der Waals surface area contributed by atoms with Crippen molar-refractivity contribution in [1.29, 1.82) is 5.26 Å². The van der Waals surface area contributed by atoms with Gasteiger partial charge in [-0.2, -0.15) is 5.26 Å². The fourth-order valence-corrected chi connectivity index (χ4v) is 3.71. The van der Waals surface area contributed by atoms with Gasteiger partial charge >= 0.3 is 0 Å². The lowest BCUT2D eigenvalue weighted by atomic mass is 9.52. The molecule has 1 aliphatic rings. The molecule has 1 aliphatic heterocycles. The molecule has 26 heavy (non-hydrogen) atoms. The number of pyridine rings is 2. The SMILES string of the molecule is BC(B)(B)OC1(C)CCN(c2c(C#N)c(=O)[nH]c3ccc(C)nc23)CC1. The summed E-state index contributed by atoms with van der Waals surface area (Å²) in [5.74, 6) is 0. The largest absolute Gasteiger partial charge is 0.394 e. The van der Waals surface area contributed by atoms with Gasteiger partial charge in [0.25, 0.3) is 5.56 Å². The van der Waals surface area contributed by atoms with Crippen molar-refractivity contribution in [2.45, 2.75) is 37.6 Å². The molecule has 1 N–H and O–H groups in total. The van der Waals surface area contributed by atoms with E-state index in [9.17, 15) is 10.1 Å². The molecule has 1 fully saturated rings. The van der Waals surface area contributed by atoms with Crippen LogP contribution in [0.15, 0.2) is 16.9 Å². The molecule has 6 nitrogen and oxygen atoms in total. The predicted molar refractivity (Wildman–Crippen MR) is 111 cm³/mol. The predicted octanol–water partition coefficient (Wildman–Crippen LogP) is -1.01. The number of hydrogen-bond acceptors (Lipinski definition) is 5. The number of nitrogens with one attached hydrogen (secondary N) is 1. The monoisotopic (exact) mass is 348 g/mol. The third kappa shape index (κ3) is 3.66. The van der Waals surface area contributed by atoms with Crippen LogP contribution in [-0.2, 0) is 4.74 Å². The maximum atomic E-state index is 12.4. The van der Waals surface area contributed by atoms with Gasteiger partial charge in [0.1, 0.15) is 40.7 Å². The van der Waals surface area contributed by atoms with Gasteiger partial charge in [0.15, 0.2) is 0 Å². The number of nitriles is 1. The number of aromatic amines is 1. The number of fused-ring (bicyclic) bond motifs is 1. The van der Waals surface area contributed by atoms with Crippen molar-refractivity contribution in [2.75, 3.05) is 18.0 Å². The van der Waals surface area contributed by atoms with Crippen LogP contribution in [0.5, 0.6) is 0 Å².